The molecule has 2 unspecified atom stereocenters. The molecule has 0 saturated carbocycles. The molecule has 26 heteroatoms. The summed E-state index contributed by atoms with van der Waals surface area (Å²) in [5, 5.41) is 49.8. The first-order valence-electron chi connectivity index (χ1n) is 20.8. The lowest BCUT2D eigenvalue weighted by Gasteiger charge is -2.26. The third kappa shape index (κ3) is 38.0. The molecule has 0 aliphatic rings. The van der Waals surface area contributed by atoms with E-state index >= 15 is 0 Å². The third-order valence-electron chi connectivity index (χ3n) is 8.68. The van der Waals surface area contributed by atoms with E-state index in [9.17, 15) is 72.7 Å². The standard InChI is InChI=1S/C10H15F5O3.C9H18O3.C8H9F5O3.C7H12O3.C6H12O2.C4H6O2/c1-4-8(2,3)7(17)18-5-9(11,12)6(16)10(13,14)15;1-4-9(2,3)8(11)12-7-5-6-10;1-4(2)5(14)16-3-7(9,10)6(15)8(11,12)13;1-6(2)7(9)10-5-3-4-8;1-4-6(2,3)5(7)8;1-3(2)4(5)6/h6,16H,4-5H2,1-3H3;10H,4-7H2,1-3H3;6,15H,1,3H2,2H3;8H,1,3-5H2,2H3;4H2,1-3H3,(H,7,8);1H2,2H3,(H,5,6). The Morgan fingerprint density at radius 3 is 0.986 bits per heavy atom. The molecule has 0 aromatic heterocycles. The fourth-order valence-electron chi connectivity index (χ4n) is 2.50. The van der Waals surface area contributed by atoms with Crippen LogP contribution < -0.4 is 0 Å². The molecule has 0 bridgehead atoms. The van der Waals surface area contributed by atoms with Crippen LogP contribution in [0.3, 0.4) is 0 Å². The maximum absolute atomic E-state index is 12.9. The normalized spacial score (nSPS) is 12.4. The van der Waals surface area contributed by atoms with Crippen molar-refractivity contribution in [2.24, 2.45) is 16.2 Å². The molecule has 0 rings (SSSR count). The van der Waals surface area contributed by atoms with E-state index in [0.717, 1.165) is 13.3 Å². The van der Waals surface area contributed by atoms with E-state index < -0.39 is 95.7 Å². The predicted octanol–water partition coefficient (Wildman–Crippen LogP) is 8.18. The van der Waals surface area contributed by atoms with Crippen molar-refractivity contribution in [3.8, 4) is 0 Å². The minimum atomic E-state index is -5.49. The van der Waals surface area contributed by atoms with Crippen molar-refractivity contribution in [1.29, 1.82) is 0 Å². The lowest BCUT2D eigenvalue weighted by atomic mass is 9.91. The molecule has 0 fully saturated rings. The van der Waals surface area contributed by atoms with E-state index in [4.69, 9.17) is 35.4 Å². The number of carbonyl (C=O) groups is 6. The Bertz CT molecular complexity index is 1610. The average Bonchev–Trinajstić information content (AvgIpc) is 3.24. The Hall–Kier alpha value is -4.82. The Balaban J connectivity index is -0.000000182. The summed E-state index contributed by atoms with van der Waals surface area (Å²) in [6, 6.07) is 0. The lowest BCUT2D eigenvalue weighted by molar-refractivity contribution is -0.278. The number of halogens is 10. The molecule has 0 aromatic carbocycles. The maximum Gasteiger partial charge on any atom is 0.420 e. The molecule has 0 heterocycles. The van der Waals surface area contributed by atoms with Crippen LogP contribution in [-0.2, 0) is 47.7 Å². The molecule has 0 aliphatic carbocycles. The van der Waals surface area contributed by atoms with Gasteiger partial charge >= 0.3 is 60.0 Å². The van der Waals surface area contributed by atoms with Crippen molar-refractivity contribution < 1.29 is 122 Å². The minimum Gasteiger partial charge on any atom is -0.481 e. The highest BCUT2D eigenvalue weighted by molar-refractivity contribution is 5.87. The lowest BCUT2D eigenvalue weighted by Crippen LogP contribution is -2.48. The molecule has 70 heavy (non-hydrogen) atoms. The molecular formula is C44H72F10O16. The summed E-state index contributed by atoms with van der Waals surface area (Å²) in [7, 11) is 0. The summed E-state index contributed by atoms with van der Waals surface area (Å²) in [6.45, 7) is 26.2. The van der Waals surface area contributed by atoms with Crippen LogP contribution in [0.1, 0.15) is 115 Å². The van der Waals surface area contributed by atoms with Gasteiger partial charge in [-0.2, -0.15) is 43.9 Å². The predicted molar refractivity (Wildman–Crippen MR) is 233 cm³/mol. The fourth-order valence-corrected chi connectivity index (χ4v) is 2.50. The van der Waals surface area contributed by atoms with Crippen molar-refractivity contribution >= 4 is 35.8 Å². The van der Waals surface area contributed by atoms with Gasteiger partial charge in [0, 0.05) is 42.8 Å². The van der Waals surface area contributed by atoms with E-state index in [1.165, 1.54) is 20.8 Å². The van der Waals surface area contributed by atoms with Crippen LogP contribution in [-0.4, -0.2) is 143 Å². The Morgan fingerprint density at radius 2 is 0.757 bits per heavy atom. The molecule has 2 atom stereocenters. The van der Waals surface area contributed by atoms with Gasteiger partial charge in [0.25, 0.3) is 0 Å². The van der Waals surface area contributed by atoms with Crippen LogP contribution in [0.2, 0.25) is 0 Å². The summed E-state index contributed by atoms with van der Waals surface area (Å²) in [5.41, 5.74) is -1.68. The summed E-state index contributed by atoms with van der Waals surface area (Å²) in [4.78, 5) is 63.7. The number of hydrogen-bond donors (Lipinski definition) is 6. The number of carboxylic acid groups (broad SMARTS) is 2. The molecule has 0 aliphatic heterocycles. The summed E-state index contributed by atoms with van der Waals surface area (Å²) in [6.07, 6.45) is -16.0. The highest BCUT2D eigenvalue weighted by Crippen LogP contribution is 2.34. The number of hydrogen-bond acceptors (Lipinski definition) is 14. The van der Waals surface area contributed by atoms with Crippen LogP contribution in [0.5, 0.6) is 0 Å². The first-order chi connectivity index (χ1) is 31.2. The first kappa shape index (κ1) is 76.7. The smallest absolute Gasteiger partial charge is 0.420 e. The van der Waals surface area contributed by atoms with Gasteiger partial charge in [-0.1, -0.05) is 40.5 Å². The van der Waals surface area contributed by atoms with Gasteiger partial charge in [0.2, 0.25) is 12.2 Å². The zero-order chi connectivity index (χ0) is 57.5. The molecule has 0 spiro atoms. The topological polar surface area (TPSA) is 261 Å². The molecule has 0 aromatic rings. The van der Waals surface area contributed by atoms with Gasteiger partial charge in [-0.05, 0) is 81.6 Å². The molecule has 0 amide bonds. The van der Waals surface area contributed by atoms with Crippen molar-refractivity contribution in [2.75, 3.05) is 39.6 Å². The average molecular weight is 1050 g/mol. The summed E-state index contributed by atoms with van der Waals surface area (Å²) < 4.78 is 140. The number of aliphatic hydroxyl groups excluding tert-OH is 4. The molecule has 414 valence electrons. The second-order valence-electron chi connectivity index (χ2n) is 16.7. The van der Waals surface area contributed by atoms with E-state index in [1.807, 2.05) is 27.7 Å². The number of carboxylic acids is 2. The third-order valence-corrected chi connectivity index (χ3v) is 8.68. The van der Waals surface area contributed by atoms with Gasteiger partial charge in [-0.15, -0.1) is 0 Å². The highest BCUT2D eigenvalue weighted by atomic mass is 19.4. The van der Waals surface area contributed by atoms with E-state index in [-0.39, 0.29) is 43.4 Å². The van der Waals surface area contributed by atoms with Gasteiger partial charge in [0.1, 0.15) is 0 Å². The van der Waals surface area contributed by atoms with Crippen molar-refractivity contribution in [1.82, 2.24) is 0 Å². The summed E-state index contributed by atoms with van der Waals surface area (Å²) in [5.74, 6) is -13.7. The monoisotopic (exact) mass is 1050 g/mol. The van der Waals surface area contributed by atoms with Gasteiger partial charge in [-0.3, -0.25) is 14.4 Å². The number of alkyl halides is 10. The van der Waals surface area contributed by atoms with Crippen LogP contribution >= 0.6 is 0 Å². The van der Waals surface area contributed by atoms with Gasteiger partial charge in [-0.25, -0.2) is 14.4 Å². The minimum absolute atomic E-state index is 0.0451. The Kier molecular flexibility index (Phi) is 38.7. The number of esters is 4. The molecule has 0 radical (unpaired) electrons. The van der Waals surface area contributed by atoms with Crippen molar-refractivity contribution in [3.63, 3.8) is 0 Å². The van der Waals surface area contributed by atoms with Crippen LogP contribution in [0.25, 0.3) is 0 Å². The zero-order valence-electron chi connectivity index (χ0n) is 41.6. The van der Waals surface area contributed by atoms with E-state index in [0.29, 0.717) is 31.4 Å². The molecule has 6 N–H and O–H groups in total. The van der Waals surface area contributed by atoms with E-state index in [1.54, 1.807) is 27.7 Å². The van der Waals surface area contributed by atoms with Crippen LogP contribution in [0.15, 0.2) is 36.5 Å². The molecular weight excluding hydrogens is 974 g/mol. The quantitative estimate of drug-likeness (QED) is 0.0208. The number of carbonyl (C=O) groups excluding carboxylic acids is 4. The van der Waals surface area contributed by atoms with Crippen molar-refractivity contribution in [3.05, 3.63) is 36.5 Å². The second kappa shape index (κ2) is 35.3. The molecule has 16 nitrogen and oxygen atoms in total. The second-order valence-corrected chi connectivity index (χ2v) is 16.7. The number of rotatable bonds is 21. The van der Waals surface area contributed by atoms with Crippen LogP contribution in [0.4, 0.5) is 43.9 Å². The SMILES string of the molecule is C=C(C)C(=O)O.C=C(C)C(=O)OCC(F)(F)C(O)C(F)(F)F.C=C(C)C(=O)OCCCO.CCC(C)(C)C(=O)O.CCC(C)(C)C(=O)OCC(F)(F)C(O)C(F)(F)F.CCC(C)(C)C(=O)OCCCO. The Morgan fingerprint density at radius 1 is 0.486 bits per heavy atom. The first-order valence-corrected chi connectivity index (χ1v) is 20.8. The maximum atomic E-state index is 12.9. The fraction of sp³-hybridized carbons (Fsp3) is 0.727. The zero-order valence-corrected chi connectivity index (χ0v) is 41.6. The number of aliphatic carboxylic acids is 2. The van der Waals surface area contributed by atoms with Gasteiger partial charge in [0.15, 0.2) is 13.2 Å². The van der Waals surface area contributed by atoms with Crippen LogP contribution in [0, 0.1) is 16.2 Å². The van der Waals surface area contributed by atoms with Gasteiger partial charge in [0.05, 0.1) is 29.5 Å². The molecule has 0 saturated heterocycles. The number of ether oxygens (including phenoxy) is 4. The number of aliphatic hydroxyl groups is 4. The van der Waals surface area contributed by atoms with E-state index in [2.05, 4.69) is 33.9 Å². The summed E-state index contributed by atoms with van der Waals surface area (Å²) >= 11 is 0. The largest absolute Gasteiger partial charge is 0.481 e. The highest BCUT2D eigenvalue weighted by Gasteiger charge is 2.57. The van der Waals surface area contributed by atoms with Crippen molar-refractivity contribution in [2.45, 2.75) is 152 Å². The Labute approximate surface area is 401 Å². The van der Waals surface area contributed by atoms with Gasteiger partial charge < -0.3 is 49.6 Å².